The van der Waals surface area contributed by atoms with Crippen LogP contribution < -0.4 is 4.90 Å². The molecule has 98 valence electrons. The Bertz CT molecular complexity index is 514. The van der Waals surface area contributed by atoms with Gasteiger partial charge in [-0.2, -0.15) is 0 Å². The van der Waals surface area contributed by atoms with Gasteiger partial charge in [0.15, 0.2) is 11.5 Å². The minimum Gasteiger partial charge on any atom is -0.395 e. The van der Waals surface area contributed by atoms with E-state index in [1.165, 1.54) is 0 Å². The number of aliphatic hydroxyl groups excluding tert-OH is 1. The van der Waals surface area contributed by atoms with E-state index in [0.29, 0.717) is 6.54 Å². The number of hydrogen-bond acceptors (Lipinski definition) is 4. The van der Waals surface area contributed by atoms with Crippen molar-refractivity contribution in [3.63, 3.8) is 0 Å². The third kappa shape index (κ3) is 2.81. The van der Waals surface area contributed by atoms with Crippen molar-refractivity contribution in [2.24, 2.45) is 0 Å². The van der Waals surface area contributed by atoms with Gasteiger partial charge in [-0.15, -0.1) is 0 Å². The van der Waals surface area contributed by atoms with Crippen LogP contribution >= 0.6 is 15.9 Å². The van der Waals surface area contributed by atoms with Crippen molar-refractivity contribution < 1.29 is 5.11 Å². The van der Waals surface area contributed by atoms with Crippen LogP contribution in [0.15, 0.2) is 23.2 Å². The summed E-state index contributed by atoms with van der Waals surface area (Å²) in [6.45, 7) is 3.72. The highest BCUT2D eigenvalue weighted by Gasteiger charge is 2.13. The number of unbranched alkanes of at least 4 members (excludes halogenated alkanes) is 1. The smallest absolute Gasteiger partial charge is 0.180 e. The topological polar surface area (TPSA) is 53.7 Å². The fraction of sp³-hybridized carbons (Fsp3) is 0.500. The summed E-state index contributed by atoms with van der Waals surface area (Å²) in [4.78, 5) is 10.9. The highest BCUT2D eigenvalue weighted by atomic mass is 79.9. The molecule has 0 spiro atoms. The molecule has 0 unspecified atom stereocenters. The van der Waals surface area contributed by atoms with Crippen LogP contribution in [0.4, 0.5) is 5.82 Å². The molecule has 2 heterocycles. The van der Waals surface area contributed by atoms with Gasteiger partial charge >= 0.3 is 0 Å². The van der Waals surface area contributed by atoms with Crippen molar-refractivity contribution in [1.82, 2.24) is 14.4 Å². The predicted octanol–water partition coefficient (Wildman–Crippen LogP) is 2.09. The number of aliphatic hydroxyl groups is 1. The van der Waals surface area contributed by atoms with Crippen LogP contribution in [-0.2, 0) is 0 Å². The Morgan fingerprint density at radius 1 is 1.44 bits per heavy atom. The maximum atomic E-state index is 9.18. The van der Waals surface area contributed by atoms with Gasteiger partial charge in [0.2, 0.25) is 0 Å². The summed E-state index contributed by atoms with van der Waals surface area (Å²) < 4.78 is 2.70. The average Bonchev–Trinajstić information content (AvgIpc) is 2.81. The Morgan fingerprint density at radius 2 is 2.28 bits per heavy atom. The monoisotopic (exact) mass is 312 g/mol. The van der Waals surface area contributed by atoms with Gasteiger partial charge in [0.25, 0.3) is 0 Å². The fourth-order valence-corrected chi connectivity index (χ4v) is 2.28. The zero-order valence-electron chi connectivity index (χ0n) is 10.4. The van der Waals surface area contributed by atoms with Crippen LogP contribution in [0.25, 0.3) is 5.65 Å². The number of halogens is 1. The molecule has 1 N–H and O–H groups in total. The summed E-state index contributed by atoms with van der Waals surface area (Å²) in [6, 6.07) is 0. The third-order valence-corrected chi connectivity index (χ3v) is 3.16. The summed E-state index contributed by atoms with van der Waals surface area (Å²) in [7, 11) is 0. The van der Waals surface area contributed by atoms with Gasteiger partial charge in [0.05, 0.1) is 6.61 Å². The van der Waals surface area contributed by atoms with Crippen molar-refractivity contribution in [3.8, 4) is 0 Å². The van der Waals surface area contributed by atoms with Crippen LogP contribution in [-0.4, -0.2) is 39.2 Å². The molecular weight excluding hydrogens is 296 g/mol. The molecule has 2 aromatic rings. The molecule has 0 aliphatic rings. The van der Waals surface area contributed by atoms with Gasteiger partial charge in [-0.1, -0.05) is 13.3 Å². The molecule has 0 aliphatic carbocycles. The average molecular weight is 313 g/mol. The van der Waals surface area contributed by atoms with Crippen molar-refractivity contribution >= 4 is 27.4 Å². The first kappa shape index (κ1) is 13.3. The van der Waals surface area contributed by atoms with Crippen LogP contribution in [0.2, 0.25) is 0 Å². The Balaban J connectivity index is 2.38. The normalized spacial score (nSPS) is 11.1. The molecule has 5 nitrogen and oxygen atoms in total. The van der Waals surface area contributed by atoms with Gasteiger partial charge in [0.1, 0.15) is 4.60 Å². The van der Waals surface area contributed by atoms with Gasteiger partial charge in [0, 0.05) is 31.7 Å². The zero-order chi connectivity index (χ0) is 13.0. The maximum Gasteiger partial charge on any atom is 0.180 e. The highest BCUT2D eigenvalue weighted by molar-refractivity contribution is 9.10. The van der Waals surface area contributed by atoms with E-state index < -0.39 is 0 Å². The van der Waals surface area contributed by atoms with E-state index in [1.807, 2.05) is 16.8 Å². The number of anilines is 1. The Kier molecular flexibility index (Phi) is 4.54. The second-order valence-electron chi connectivity index (χ2n) is 4.11. The molecule has 0 atom stereocenters. The SMILES string of the molecule is CCCCN(CCO)c1nc(Br)cn2ccnc12. The summed E-state index contributed by atoms with van der Waals surface area (Å²) in [5.74, 6) is 0.817. The van der Waals surface area contributed by atoms with E-state index in [4.69, 9.17) is 0 Å². The highest BCUT2D eigenvalue weighted by Crippen LogP contribution is 2.21. The molecule has 0 aliphatic heterocycles. The molecule has 0 saturated carbocycles. The maximum absolute atomic E-state index is 9.18. The minimum atomic E-state index is 0.116. The van der Waals surface area contributed by atoms with Crippen LogP contribution in [0.1, 0.15) is 19.8 Å². The Labute approximate surface area is 115 Å². The lowest BCUT2D eigenvalue weighted by Crippen LogP contribution is -2.29. The quantitative estimate of drug-likeness (QED) is 0.887. The van der Waals surface area contributed by atoms with Crippen LogP contribution in [0.5, 0.6) is 0 Å². The molecule has 0 aromatic carbocycles. The number of hydrogen-bond donors (Lipinski definition) is 1. The van der Waals surface area contributed by atoms with Crippen molar-refractivity contribution in [2.75, 3.05) is 24.6 Å². The van der Waals surface area contributed by atoms with E-state index in [0.717, 1.165) is 35.5 Å². The molecule has 0 fully saturated rings. The molecule has 0 saturated heterocycles. The third-order valence-electron chi connectivity index (χ3n) is 2.78. The first-order valence-electron chi connectivity index (χ1n) is 6.11. The first-order chi connectivity index (χ1) is 8.76. The van der Waals surface area contributed by atoms with Gasteiger partial charge in [-0.05, 0) is 22.4 Å². The molecule has 2 rings (SSSR count). The largest absolute Gasteiger partial charge is 0.395 e. The number of aromatic nitrogens is 3. The van der Waals surface area contributed by atoms with Gasteiger partial charge in [-0.25, -0.2) is 9.97 Å². The number of nitrogens with zero attached hydrogens (tertiary/aromatic N) is 4. The van der Waals surface area contributed by atoms with E-state index >= 15 is 0 Å². The molecule has 6 heteroatoms. The lowest BCUT2D eigenvalue weighted by molar-refractivity contribution is 0.301. The molecular formula is C12H17BrN4O. The Hall–Kier alpha value is -1.14. The Morgan fingerprint density at radius 3 is 3.00 bits per heavy atom. The summed E-state index contributed by atoms with van der Waals surface area (Å²) in [5, 5.41) is 9.18. The van der Waals surface area contributed by atoms with E-state index in [2.05, 4.69) is 37.7 Å². The molecule has 0 amide bonds. The molecule has 0 bridgehead atoms. The van der Waals surface area contributed by atoms with Crippen LogP contribution in [0.3, 0.4) is 0 Å². The van der Waals surface area contributed by atoms with E-state index in [-0.39, 0.29) is 6.61 Å². The molecule has 2 aromatic heterocycles. The number of imidazole rings is 1. The van der Waals surface area contributed by atoms with Crippen molar-refractivity contribution in [1.29, 1.82) is 0 Å². The van der Waals surface area contributed by atoms with E-state index in [1.54, 1.807) is 6.20 Å². The lowest BCUT2D eigenvalue weighted by atomic mass is 10.3. The zero-order valence-corrected chi connectivity index (χ0v) is 12.0. The molecule has 0 radical (unpaired) electrons. The minimum absolute atomic E-state index is 0.116. The lowest BCUT2D eigenvalue weighted by Gasteiger charge is -2.23. The summed E-state index contributed by atoms with van der Waals surface area (Å²) in [5.41, 5.74) is 0.822. The standard InChI is InChI=1S/C12H17BrN4O/c1-2-3-5-16(7-8-18)12-11-14-4-6-17(11)9-10(13)15-12/h4,6,9,18H,2-3,5,7-8H2,1H3. The van der Waals surface area contributed by atoms with Crippen molar-refractivity contribution in [3.05, 3.63) is 23.2 Å². The van der Waals surface area contributed by atoms with Crippen LogP contribution in [0, 0.1) is 0 Å². The number of fused-ring (bicyclic) bond motifs is 1. The second kappa shape index (κ2) is 6.15. The summed E-state index contributed by atoms with van der Waals surface area (Å²) >= 11 is 3.41. The van der Waals surface area contributed by atoms with E-state index in [9.17, 15) is 5.11 Å². The molecule has 18 heavy (non-hydrogen) atoms. The second-order valence-corrected chi connectivity index (χ2v) is 4.92. The van der Waals surface area contributed by atoms with Gasteiger partial charge in [-0.3, -0.25) is 0 Å². The fourth-order valence-electron chi connectivity index (χ4n) is 1.89. The number of rotatable bonds is 6. The predicted molar refractivity (Wildman–Crippen MR) is 74.9 cm³/mol. The van der Waals surface area contributed by atoms with Gasteiger partial charge < -0.3 is 14.4 Å². The van der Waals surface area contributed by atoms with Crippen molar-refractivity contribution in [2.45, 2.75) is 19.8 Å². The summed E-state index contributed by atoms with van der Waals surface area (Å²) in [6.07, 6.45) is 7.70. The first-order valence-corrected chi connectivity index (χ1v) is 6.90.